The van der Waals surface area contributed by atoms with Gasteiger partial charge in [0.25, 0.3) is 5.91 Å². The van der Waals surface area contributed by atoms with Gasteiger partial charge >= 0.3 is 0 Å². The number of nitrogens with two attached hydrogens (primary N) is 1. The summed E-state index contributed by atoms with van der Waals surface area (Å²) in [6.07, 6.45) is 4.23. The van der Waals surface area contributed by atoms with Gasteiger partial charge in [-0.1, -0.05) is 19.8 Å². The van der Waals surface area contributed by atoms with Crippen molar-refractivity contribution < 1.29 is 9.59 Å². The molecule has 6 heteroatoms. The lowest BCUT2D eigenvalue weighted by atomic mass is 10.1. The van der Waals surface area contributed by atoms with Crippen molar-refractivity contribution in [3.05, 3.63) is 17.5 Å². The highest BCUT2D eigenvalue weighted by Crippen LogP contribution is 2.13. The van der Waals surface area contributed by atoms with Gasteiger partial charge in [-0.2, -0.15) is 5.10 Å². The number of fused-ring (bicyclic) bond motifs is 1. The number of carbonyl (C=O) groups is 2. The Bertz CT molecular complexity index is 467. The van der Waals surface area contributed by atoms with E-state index in [9.17, 15) is 9.59 Å². The van der Waals surface area contributed by atoms with Gasteiger partial charge in [0.05, 0.1) is 12.2 Å². The molecule has 0 spiro atoms. The van der Waals surface area contributed by atoms with E-state index in [4.69, 9.17) is 5.73 Å². The molecule has 1 aliphatic heterocycles. The van der Waals surface area contributed by atoms with Crippen LogP contribution >= 0.6 is 0 Å². The fraction of sp³-hybridized carbons (Fsp3) is 0.583. The topological polar surface area (TPSA) is 90.0 Å². The summed E-state index contributed by atoms with van der Waals surface area (Å²) in [6, 6.07) is 1.13. The number of primary amides is 1. The molecule has 0 aliphatic carbocycles. The molecule has 2 amide bonds. The number of hydrogen-bond donors (Lipinski definition) is 2. The van der Waals surface area contributed by atoms with Crippen LogP contribution in [0.3, 0.4) is 0 Å². The van der Waals surface area contributed by atoms with Crippen molar-refractivity contribution in [3.63, 3.8) is 0 Å². The Balaban J connectivity index is 2.11. The third kappa shape index (κ3) is 2.52. The second kappa shape index (κ2) is 5.20. The molecule has 0 bridgehead atoms. The molecule has 6 nitrogen and oxygen atoms in total. The maximum Gasteiger partial charge on any atom is 0.270 e. The zero-order chi connectivity index (χ0) is 13.1. The van der Waals surface area contributed by atoms with Crippen molar-refractivity contribution in [1.82, 2.24) is 15.1 Å². The number of aromatic nitrogens is 2. The van der Waals surface area contributed by atoms with E-state index in [0.29, 0.717) is 12.2 Å². The molecule has 2 rings (SSSR count). The van der Waals surface area contributed by atoms with Crippen molar-refractivity contribution in [2.24, 2.45) is 5.73 Å². The van der Waals surface area contributed by atoms with Gasteiger partial charge in [0, 0.05) is 0 Å². The van der Waals surface area contributed by atoms with Crippen molar-refractivity contribution in [2.45, 2.75) is 45.2 Å². The normalized spacial score (nSPS) is 18.3. The first-order valence-electron chi connectivity index (χ1n) is 6.28. The van der Waals surface area contributed by atoms with Gasteiger partial charge in [-0.05, 0) is 18.9 Å². The second-order valence-electron chi connectivity index (χ2n) is 4.59. The van der Waals surface area contributed by atoms with Crippen molar-refractivity contribution in [3.8, 4) is 0 Å². The minimum absolute atomic E-state index is 0.278. The first-order valence-corrected chi connectivity index (χ1v) is 6.28. The molecule has 3 N–H and O–H groups in total. The largest absolute Gasteiger partial charge is 0.368 e. The summed E-state index contributed by atoms with van der Waals surface area (Å²) in [6.45, 7) is 2.47. The van der Waals surface area contributed by atoms with Crippen LogP contribution < -0.4 is 11.1 Å². The van der Waals surface area contributed by atoms with Gasteiger partial charge in [-0.15, -0.1) is 0 Å². The van der Waals surface area contributed by atoms with E-state index >= 15 is 0 Å². The van der Waals surface area contributed by atoms with Crippen LogP contribution in [0.25, 0.3) is 0 Å². The molecule has 1 aromatic rings. The molecular weight excluding hydrogens is 232 g/mol. The number of amides is 2. The fourth-order valence-electron chi connectivity index (χ4n) is 2.08. The summed E-state index contributed by atoms with van der Waals surface area (Å²) < 4.78 is 1.58. The van der Waals surface area contributed by atoms with Crippen LogP contribution in [0.2, 0.25) is 0 Å². The summed E-state index contributed by atoms with van der Waals surface area (Å²) in [4.78, 5) is 22.9. The van der Waals surface area contributed by atoms with E-state index in [-0.39, 0.29) is 5.91 Å². The van der Waals surface area contributed by atoms with Crippen molar-refractivity contribution >= 4 is 11.8 Å². The van der Waals surface area contributed by atoms with E-state index in [1.807, 2.05) is 0 Å². The maximum atomic E-state index is 11.8. The average molecular weight is 250 g/mol. The minimum atomic E-state index is -0.659. The van der Waals surface area contributed by atoms with Crippen LogP contribution in [0.15, 0.2) is 6.07 Å². The van der Waals surface area contributed by atoms with E-state index in [0.717, 1.165) is 31.4 Å². The molecule has 1 aliphatic rings. The van der Waals surface area contributed by atoms with Gasteiger partial charge in [-0.3, -0.25) is 14.3 Å². The Kier molecular flexibility index (Phi) is 3.64. The van der Waals surface area contributed by atoms with E-state index in [2.05, 4.69) is 17.3 Å². The number of unbranched alkanes of at least 4 members (excludes halogenated alkanes) is 2. The van der Waals surface area contributed by atoms with Crippen LogP contribution in [0.4, 0.5) is 0 Å². The Morgan fingerprint density at radius 3 is 3.06 bits per heavy atom. The SMILES string of the molecule is CCCCCc1cc2n(n1)CC(C(N)=O)NC2=O. The van der Waals surface area contributed by atoms with Crippen LogP contribution in [0.5, 0.6) is 0 Å². The third-order valence-corrected chi connectivity index (χ3v) is 3.10. The molecule has 0 saturated heterocycles. The molecule has 1 atom stereocenters. The number of nitrogens with one attached hydrogen (secondary N) is 1. The average Bonchev–Trinajstić information content (AvgIpc) is 2.72. The molecule has 1 aromatic heterocycles. The molecular formula is C12H18N4O2. The highest BCUT2D eigenvalue weighted by Gasteiger charge is 2.28. The molecule has 0 aromatic carbocycles. The standard InChI is InChI=1S/C12H18N4O2/c1-2-3-4-5-8-6-10-12(18)14-9(11(13)17)7-16(10)15-8/h6,9H,2-5,7H2,1H3,(H2,13,17)(H,14,18). The van der Waals surface area contributed by atoms with Crippen LogP contribution in [0, 0.1) is 0 Å². The second-order valence-corrected chi connectivity index (χ2v) is 4.59. The lowest BCUT2D eigenvalue weighted by Gasteiger charge is -2.21. The van der Waals surface area contributed by atoms with Crippen LogP contribution in [-0.4, -0.2) is 27.6 Å². The quantitative estimate of drug-likeness (QED) is 0.732. The van der Waals surface area contributed by atoms with Gasteiger partial charge in [0.2, 0.25) is 5.91 Å². The number of nitrogens with zero attached hydrogens (tertiary/aromatic N) is 2. The Morgan fingerprint density at radius 1 is 1.61 bits per heavy atom. The van der Waals surface area contributed by atoms with Gasteiger partial charge in [0.1, 0.15) is 11.7 Å². The lowest BCUT2D eigenvalue weighted by molar-refractivity contribution is -0.120. The monoisotopic (exact) mass is 250 g/mol. The molecule has 0 radical (unpaired) electrons. The predicted molar refractivity (Wildman–Crippen MR) is 65.9 cm³/mol. The number of carbonyl (C=O) groups excluding carboxylic acids is 2. The highest BCUT2D eigenvalue weighted by molar-refractivity contribution is 5.97. The molecule has 1 unspecified atom stereocenters. The van der Waals surface area contributed by atoms with E-state index < -0.39 is 11.9 Å². The zero-order valence-corrected chi connectivity index (χ0v) is 10.5. The van der Waals surface area contributed by atoms with Crippen molar-refractivity contribution in [2.75, 3.05) is 0 Å². The summed E-state index contributed by atoms with van der Waals surface area (Å²) in [5.74, 6) is -0.809. The maximum absolute atomic E-state index is 11.8. The summed E-state index contributed by atoms with van der Waals surface area (Å²) in [5, 5.41) is 6.93. The van der Waals surface area contributed by atoms with E-state index in [1.165, 1.54) is 0 Å². The van der Waals surface area contributed by atoms with Crippen molar-refractivity contribution in [1.29, 1.82) is 0 Å². The Morgan fingerprint density at radius 2 is 2.39 bits per heavy atom. The molecule has 0 saturated carbocycles. The fourth-order valence-corrected chi connectivity index (χ4v) is 2.08. The summed E-state index contributed by atoms with van der Waals surface area (Å²) >= 11 is 0. The molecule has 0 fully saturated rings. The van der Waals surface area contributed by atoms with Gasteiger partial charge in [-0.25, -0.2) is 0 Å². The first kappa shape index (κ1) is 12.6. The Labute approximate surface area is 106 Å². The Hall–Kier alpha value is -1.85. The molecule has 2 heterocycles. The minimum Gasteiger partial charge on any atom is -0.368 e. The van der Waals surface area contributed by atoms with Crippen LogP contribution in [-0.2, 0) is 17.8 Å². The zero-order valence-electron chi connectivity index (χ0n) is 10.5. The third-order valence-electron chi connectivity index (χ3n) is 3.10. The first-order chi connectivity index (χ1) is 8.61. The summed E-state index contributed by atoms with van der Waals surface area (Å²) in [7, 11) is 0. The van der Waals surface area contributed by atoms with Crippen LogP contribution in [0.1, 0.15) is 42.4 Å². The number of aryl methyl sites for hydroxylation is 1. The van der Waals surface area contributed by atoms with E-state index in [1.54, 1.807) is 10.7 Å². The highest BCUT2D eigenvalue weighted by atomic mass is 16.2. The van der Waals surface area contributed by atoms with Gasteiger partial charge < -0.3 is 11.1 Å². The number of hydrogen-bond acceptors (Lipinski definition) is 3. The summed E-state index contributed by atoms with van der Waals surface area (Å²) in [5.41, 5.74) is 6.61. The van der Waals surface area contributed by atoms with Gasteiger partial charge in [0.15, 0.2) is 0 Å². The lowest BCUT2D eigenvalue weighted by Crippen LogP contribution is -2.51. The predicted octanol–water partition coefficient (Wildman–Crippen LogP) is 0.213. The number of rotatable bonds is 5. The smallest absolute Gasteiger partial charge is 0.270 e. The molecule has 18 heavy (non-hydrogen) atoms. The molecule has 98 valence electrons.